The Morgan fingerprint density at radius 3 is 2.43 bits per heavy atom. The molecule has 0 fully saturated rings. The molecule has 8 heteroatoms. The van der Waals surface area contributed by atoms with Crippen LogP contribution < -0.4 is 10.9 Å². The lowest BCUT2D eigenvalue weighted by molar-refractivity contribution is 0.0951. The van der Waals surface area contributed by atoms with Gasteiger partial charge in [-0.2, -0.15) is 0 Å². The maximum atomic E-state index is 12.3. The quantitative estimate of drug-likeness (QED) is 0.684. The van der Waals surface area contributed by atoms with Gasteiger partial charge < -0.3 is 9.73 Å². The van der Waals surface area contributed by atoms with Crippen LogP contribution in [0.5, 0.6) is 0 Å². The first-order chi connectivity index (χ1) is 13.2. The second kappa shape index (κ2) is 9.66. The molecule has 0 aliphatic heterocycles. The van der Waals surface area contributed by atoms with Crippen molar-refractivity contribution in [1.29, 1.82) is 0 Å². The van der Waals surface area contributed by atoms with Crippen LogP contribution in [0.4, 0.5) is 0 Å². The zero-order valence-corrected chi connectivity index (χ0v) is 17.2. The van der Waals surface area contributed by atoms with Gasteiger partial charge in [0.1, 0.15) is 11.3 Å². The molecular weight excluding hydrogens is 380 g/mol. The average molecular weight is 407 g/mol. The molecule has 1 aromatic carbocycles. The smallest absolute Gasteiger partial charge is 0.349 e. The monoisotopic (exact) mass is 406 g/mol. The Balaban J connectivity index is 1.97. The third-order valence-corrected chi connectivity index (χ3v) is 6.19. The maximum Gasteiger partial charge on any atom is 0.349 e. The van der Waals surface area contributed by atoms with Gasteiger partial charge in [0.2, 0.25) is 10.0 Å². The Labute approximate surface area is 165 Å². The summed E-state index contributed by atoms with van der Waals surface area (Å²) in [5, 5.41) is 2.47. The molecule has 0 spiro atoms. The van der Waals surface area contributed by atoms with Gasteiger partial charge in [0.15, 0.2) is 0 Å². The summed E-state index contributed by atoms with van der Waals surface area (Å²) in [5.41, 5.74) is 0.931. The van der Waals surface area contributed by atoms with Crippen LogP contribution in [0.1, 0.15) is 33.7 Å². The molecule has 1 heterocycles. The number of hydrogen-bond donors (Lipinski definition) is 1. The van der Waals surface area contributed by atoms with Crippen LogP contribution in [0.25, 0.3) is 0 Å². The minimum Gasteiger partial charge on any atom is -0.427 e. The van der Waals surface area contributed by atoms with E-state index in [0.717, 1.165) is 17.1 Å². The fourth-order valence-corrected chi connectivity index (χ4v) is 3.47. The Hall–Kier alpha value is -2.45. The minimum absolute atomic E-state index is 0.0863. The van der Waals surface area contributed by atoms with Gasteiger partial charge in [-0.15, -0.1) is 0 Å². The van der Waals surface area contributed by atoms with E-state index >= 15 is 0 Å². The van der Waals surface area contributed by atoms with Gasteiger partial charge in [-0.3, -0.25) is 4.79 Å². The van der Waals surface area contributed by atoms with E-state index in [1.807, 2.05) is 30.3 Å². The van der Waals surface area contributed by atoms with Crippen LogP contribution in [0, 0.1) is 6.92 Å². The molecule has 0 atom stereocenters. The summed E-state index contributed by atoms with van der Waals surface area (Å²) in [5.74, 6) is -0.338. The van der Waals surface area contributed by atoms with Crippen LogP contribution in [0.3, 0.4) is 0 Å². The molecule has 0 bridgehead atoms. The van der Waals surface area contributed by atoms with Gasteiger partial charge >= 0.3 is 5.63 Å². The van der Waals surface area contributed by atoms with E-state index in [1.54, 1.807) is 13.0 Å². The van der Waals surface area contributed by atoms with Crippen molar-refractivity contribution in [3.63, 3.8) is 0 Å². The van der Waals surface area contributed by atoms with Crippen molar-refractivity contribution in [3.05, 3.63) is 69.3 Å². The molecule has 152 valence electrons. The molecule has 1 N–H and O–H groups in total. The summed E-state index contributed by atoms with van der Waals surface area (Å²) in [6.45, 7) is 1.58. The number of benzene rings is 1. The first kappa shape index (κ1) is 21.8. The molecule has 28 heavy (non-hydrogen) atoms. The van der Waals surface area contributed by atoms with Gasteiger partial charge in [-0.25, -0.2) is 17.5 Å². The van der Waals surface area contributed by atoms with Gasteiger partial charge in [0.05, 0.1) is 5.75 Å². The van der Waals surface area contributed by atoms with Crippen molar-refractivity contribution in [2.75, 3.05) is 26.4 Å². The molecule has 0 aliphatic rings. The topological polar surface area (TPSA) is 96.7 Å². The molecule has 0 saturated heterocycles. The van der Waals surface area contributed by atoms with E-state index < -0.39 is 21.6 Å². The lowest BCUT2D eigenvalue weighted by Crippen LogP contribution is -2.36. The molecule has 1 aromatic heterocycles. The number of rotatable bonds is 9. The van der Waals surface area contributed by atoms with Crippen LogP contribution in [-0.2, 0) is 22.9 Å². The molecular formula is C20H26N2O5S. The normalized spacial score (nSPS) is 11.6. The van der Waals surface area contributed by atoms with Gasteiger partial charge in [-0.1, -0.05) is 30.3 Å². The highest BCUT2D eigenvalue weighted by Gasteiger charge is 2.18. The number of nitrogens with one attached hydrogen (secondary N) is 1. The Morgan fingerprint density at radius 2 is 1.82 bits per heavy atom. The molecule has 2 aromatic rings. The van der Waals surface area contributed by atoms with E-state index in [9.17, 15) is 18.0 Å². The van der Waals surface area contributed by atoms with Crippen molar-refractivity contribution >= 4 is 15.9 Å². The number of aryl methyl sites for hydroxylation is 3. The second-order valence-corrected chi connectivity index (χ2v) is 9.05. The zero-order valence-electron chi connectivity index (χ0n) is 16.4. The van der Waals surface area contributed by atoms with Crippen LogP contribution in [0.15, 0.2) is 45.6 Å². The number of hydrogen-bond acceptors (Lipinski definition) is 5. The standard InChI is InChI=1S/C20H26N2O5S/c1-15-14-17(11-7-10-16-8-5-4-6-9-16)27-20(24)18(15)19(23)21-12-13-28(25,26)22(2)3/h4-6,8-9,14H,7,10-13H2,1-3H3,(H,21,23). The largest absolute Gasteiger partial charge is 0.427 e. The Bertz CT molecular complexity index is 966. The van der Waals surface area contributed by atoms with Gasteiger partial charge in [0, 0.05) is 27.1 Å². The Morgan fingerprint density at radius 1 is 1.14 bits per heavy atom. The summed E-state index contributed by atoms with van der Waals surface area (Å²) in [7, 11) is -0.573. The number of carbonyl (C=O) groups is 1. The third kappa shape index (κ3) is 6.03. The van der Waals surface area contributed by atoms with Crippen molar-refractivity contribution in [1.82, 2.24) is 9.62 Å². The van der Waals surface area contributed by atoms with E-state index in [4.69, 9.17) is 4.42 Å². The number of nitrogens with zero attached hydrogens (tertiary/aromatic N) is 1. The molecule has 0 radical (unpaired) electrons. The van der Waals surface area contributed by atoms with Crippen LogP contribution in [-0.4, -0.2) is 45.0 Å². The van der Waals surface area contributed by atoms with E-state index in [0.29, 0.717) is 17.7 Å². The van der Waals surface area contributed by atoms with Gasteiger partial charge in [0.25, 0.3) is 5.91 Å². The number of sulfonamides is 1. The van der Waals surface area contributed by atoms with Crippen LogP contribution in [0.2, 0.25) is 0 Å². The highest BCUT2D eigenvalue weighted by atomic mass is 32.2. The lowest BCUT2D eigenvalue weighted by atomic mass is 10.1. The summed E-state index contributed by atoms with van der Waals surface area (Å²) in [4.78, 5) is 24.5. The predicted octanol–water partition coefficient (Wildman–Crippen LogP) is 1.74. The zero-order chi connectivity index (χ0) is 20.7. The fraction of sp³-hybridized carbons (Fsp3) is 0.400. The number of carbonyl (C=O) groups excluding carboxylic acids is 1. The molecule has 2 rings (SSSR count). The highest BCUT2D eigenvalue weighted by molar-refractivity contribution is 7.89. The predicted molar refractivity (Wildman–Crippen MR) is 108 cm³/mol. The van der Waals surface area contributed by atoms with Crippen molar-refractivity contribution in [3.8, 4) is 0 Å². The van der Waals surface area contributed by atoms with Crippen molar-refractivity contribution < 1.29 is 17.6 Å². The summed E-state index contributed by atoms with van der Waals surface area (Å²) >= 11 is 0. The van der Waals surface area contributed by atoms with Crippen molar-refractivity contribution in [2.24, 2.45) is 0 Å². The summed E-state index contributed by atoms with van der Waals surface area (Å²) in [6.07, 6.45) is 2.28. The second-order valence-electron chi connectivity index (χ2n) is 6.75. The molecule has 1 amide bonds. The van der Waals surface area contributed by atoms with Crippen molar-refractivity contribution in [2.45, 2.75) is 26.2 Å². The number of amides is 1. The van der Waals surface area contributed by atoms with E-state index in [-0.39, 0.29) is 17.9 Å². The first-order valence-corrected chi connectivity index (χ1v) is 10.7. The lowest BCUT2D eigenvalue weighted by Gasteiger charge is -2.12. The first-order valence-electron chi connectivity index (χ1n) is 9.06. The average Bonchev–Trinajstić information content (AvgIpc) is 2.61. The molecule has 0 aliphatic carbocycles. The minimum atomic E-state index is -3.42. The maximum absolute atomic E-state index is 12.3. The SMILES string of the molecule is Cc1cc(CCCc2ccccc2)oc(=O)c1C(=O)NCCS(=O)(=O)N(C)C. The van der Waals surface area contributed by atoms with Crippen LogP contribution >= 0.6 is 0 Å². The molecule has 0 unspecified atom stereocenters. The summed E-state index contributed by atoms with van der Waals surface area (Å²) < 4.78 is 29.8. The summed E-state index contributed by atoms with van der Waals surface area (Å²) in [6, 6.07) is 11.7. The van der Waals surface area contributed by atoms with E-state index in [1.165, 1.54) is 19.7 Å². The highest BCUT2D eigenvalue weighted by Crippen LogP contribution is 2.11. The third-order valence-electron chi connectivity index (χ3n) is 4.36. The molecule has 7 nitrogen and oxygen atoms in total. The van der Waals surface area contributed by atoms with Gasteiger partial charge in [-0.05, 0) is 37.0 Å². The fourth-order valence-electron chi connectivity index (χ4n) is 2.75. The Kier molecular flexibility index (Phi) is 7.53. The van der Waals surface area contributed by atoms with E-state index in [2.05, 4.69) is 5.32 Å². The molecule has 0 saturated carbocycles.